The fraction of sp³-hybridized carbons (Fsp3) is 0.0769. The molecule has 4 nitrogen and oxygen atoms in total. The van der Waals surface area contributed by atoms with E-state index in [0.29, 0.717) is 5.82 Å². The monoisotopic (exact) mass is 279 g/mol. The third-order valence-electron chi connectivity index (χ3n) is 2.42. The molecule has 2 amide bonds. The summed E-state index contributed by atoms with van der Waals surface area (Å²) < 4.78 is 13.5. The molecule has 0 radical (unpaired) electrons. The second kappa shape index (κ2) is 5.67. The van der Waals surface area contributed by atoms with Gasteiger partial charge in [-0.25, -0.2) is 14.2 Å². The lowest BCUT2D eigenvalue weighted by atomic mass is 10.3. The van der Waals surface area contributed by atoms with Crippen LogP contribution in [0.4, 0.5) is 20.7 Å². The highest BCUT2D eigenvalue weighted by Gasteiger charge is 2.09. The number of carbonyl (C=O) groups is 1. The summed E-state index contributed by atoms with van der Waals surface area (Å²) in [5.74, 6) is -0.172. The van der Waals surface area contributed by atoms with Crippen LogP contribution in [0.5, 0.6) is 0 Å². The molecule has 0 aliphatic rings. The number of hydrogen-bond donors (Lipinski definition) is 2. The molecule has 0 saturated carbocycles. The summed E-state index contributed by atoms with van der Waals surface area (Å²) in [4.78, 5) is 15.7. The number of halogens is 2. The summed E-state index contributed by atoms with van der Waals surface area (Å²) in [5, 5.41) is 5.20. The lowest BCUT2D eigenvalue weighted by Crippen LogP contribution is -2.21. The normalized spacial score (nSPS) is 10.1. The van der Waals surface area contributed by atoms with Crippen molar-refractivity contribution in [3.05, 3.63) is 52.9 Å². The molecule has 2 aromatic rings. The van der Waals surface area contributed by atoms with Crippen LogP contribution in [-0.2, 0) is 0 Å². The van der Waals surface area contributed by atoms with Crippen LogP contribution in [-0.4, -0.2) is 11.0 Å². The van der Waals surface area contributed by atoms with E-state index < -0.39 is 11.8 Å². The Morgan fingerprint density at radius 3 is 2.79 bits per heavy atom. The lowest BCUT2D eigenvalue weighted by Gasteiger charge is -2.09. The van der Waals surface area contributed by atoms with Gasteiger partial charge < -0.3 is 5.32 Å². The largest absolute Gasteiger partial charge is 0.324 e. The molecule has 98 valence electrons. The standard InChI is InChI=1S/C13H11ClFN3O/c1-8-3-2-6-16-12(8)18-13(19)17-11-5-4-9(14)7-10(11)15/h2-7H,1H3,(H2,16,17,18,19). The molecule has 0 aliphatic heterocycles. The molecule has 2 N–H and O–H groups in total. The van der Waals surface area contributed by atoms with Gasteiger partial charge in [-0.15, -0.1) is 0 Å². The number of amides is 2. The number of aromatic nitrogens is 1. The molecule has 1 aromatic heterocycles. The number of urea groups is 1. The molecule has 19 heavy (non-hydrogen) atoms. The van der Waals surface area contributed by atoms with Crippen molar-refractivity contribution < 1.29 is 9.18 Å². The number of benzene rings is 1. The number of anilines is 2. The van der Waals surface area contributed by atoms with Crippen LogP contribution in [0.3, 0.4) is 0 Å². The van der Waals surface area contributed by atoms with Gasteiger partial charge in [0, 0.05) is 11.2 Å². The maximum atomic E-state index is 13.5. The first-order valence-corrected chi connectivity index (χ1v) is 5.89. The van der Waals surface area contributed by atoms with E-state index in [9.17, 15) is 9.18 Å². The van der Waals surface area contributed by atoms with E-state index in [1.807, 2.05) is 13.0 Å². The molecule has 0 bridgehead atoms. The van der Waals surface area contributed by atoms with E-state index in [2.05, 4.69) is 15.6 Å². The van der Waals surface area contributed by atoms with Crippen LogP contribution < -0.4 is 10.6 Å². The summed E-state index contributed by atoms with van der Waals surface area (Å²) in [7, 11) is 0. The van der Waals surface area contributed by atoms with Crippen molar-refractivity contribution in [1.82, 2.24) is 4.98 Å². The number of carbonyl (C=O) groups excluding carboxylic acids is 1. The number of rotatable bonds is 2. The minimum atomic E-state index is -0.597. The van der Waals surface area contributed by atoms with Gasteiger partial charge in [-0.05, 0) is 36.8 Å². The fourth-order valence-electron chi connectivity index (χ4n) is 1.47. The molecular formula is C13H11ClFN3O. The number of nitrogens with zero attached hydrogens (tertiary/aromatic N) is 1. The molecule has 0 spiro atoms. The second-order valence-electron chi connectivity index (χ2n) is 3.87. The quantitative estimate of drug-likeness (QED) is 0.878. The third-order valence-corrected chi connectivity index (χ3v) is 2.66. The van der Waals surface area contributed by atoms with Gasteiger partial charge in [-0.3, -0.25) is 5.32 Å². The van der Waals surface area contributed by atoms with Gasteiger partial charge >= 0.3 is 6.03 Å². The molecule has 0 saturated heterocycles. The average Bonchev–Trinajstić information content (AvgIpc) is 2.36. The molecule has 0 unspecified atom stereocenters. The smallest absolute Gasteiger partial charge is 0.305 e. The van der Waals surface area contributed by atoms with Gasteiger partial charge in [0.15, 0.2) is 0 Å². The Balaban J connectivity index is 2.08. The predicted molar refractivity (Wildman–Crippen MR) is 73.0 cm³/mol. The average molecular weight is 280 g/mol. The Morgan fingerprint density at radius 2 is 2.11 bits per heavy atom. The highest BCUT2D eigenvalue weighted by Crippen LogP contribution is 2.19. The van der Waals surface area contributed by atoms with Crippen LogP contribution in [0, 0.1) is 12.7 Å². The summed E-state index contributed by atoms with van der Waals surface area (Å²) >= 11 is 5.63. The van der Waals surface area contributed by atoms with E-state index in [0.717, 1.165) is 11.6 Å². The van der Waals surface area contributed by atoms with E-state index in [1.165, 1.54) is 12.1 Å². The number of hydrogen-bond acceptors (Lipinski definition) is 2. The van der Waals surface area contributed by atoms with Crippen molar-refractivity contribution in [1.29, 1.82) is 0 Å². The highest BCUT2D eigenvalue weighted by atomic mass is 35.5. The van der Waals surface area contributed by atoms with Gasteiger partial charge in [0.1, 0.15) is 11.6 Å². The summed E-state index contributed by atoms with van der Waals surface area (Å²) in [6.45, 7) is 1.81. The van der Waals surface area contributed by atoms with E-state index >= 15 is 0 Å². The number of aryl methyl sites for hydroxylation is 1. The Kier molecular flexibility index (Phi) is 3.97. The zero-order valence-electron chi connectivity index (χ0n) is 10.1. The van der Waals surface area contributed by atoms with Gasteiger partial charge in [0.25, 0.3) is 0 Å². The first kappa shape index (κ1) is 13.3. The molecule has 1 aromatic carbocycles. The van der Waals surface area contributed by atoms with Gasteiger partial charge in [0.05, 0.1) is 5.69 Å². The number of nitrogens with one attached hydrogen (secondary N) is 2. The molecule has 2 rings (SSSR count). The van der Waals surface area contributed by atoms with Crippen molar-refractivity contribution in [2.75, 3.05) is 10.6 Å². The topological polar surface area (TPSA) is 54.0 Å². The second-order valence-corrected chi connectivity index (χ2v) is 4.31. The Labute approximate surface area is 114 Å². The summed E-state index contributed by atoms with van der Waals surface area (Å²) in [6.07, 6.45) is 1.56. The van der Waals surface area contributed by atoms with Crippen molar-refractivity contribution in [3.8, 4) is 0 Å². The zero-order chi connectivity index (χ0) is 13.8. The first-order chi connectivity index (χ1) is 9.06. The molecule has 0 aliphatic carbocycles. The van der Waals surface area contributed by atoms with E-state index in [-0.39, 0.29) is 10.7 Å². The van der Waals surface area contributed by atoms with Gasteiger partial charge in [-0.2, -0.15) is 0 Å². The van der Waals surface area contributed by atoms with Crippen LogP contribution in [0.1, 0.15) is 5.56 Å². The van der Waals surface area contributed by atoms with E-state index in [4.69, 9.17) is 11.6 Å². The molecule has 6 heteroatoms. The Bertz CT molecular complexity index is 619. The number of pyridine rings is 1. The Morgan fingerprint density at radius 1 is 1.32 bits per heavy atom. The molecule has 1 heterocycles. The van der Waals surface area contributed by atoms with E-state index in [1.54, 1.807) is 12.3 Å². The van der Waals surface area contributed by atoms with Gasteiger partial charge in [-0.1, -0.05) is 17.7 Å². The van der Waals surface area contributed by atoms with Crippen LogP contribution in [0.25, 0.3) is 0 Å². The van der Waals surface area contributed by atoms with Crippen molar-refractivity contribution in [2.24, 2.45) is 0 Å². The third kappa shape index (κ3) is 3.42. The first-order valence-electron chi connectivity index (χ1n) is 5.51. The minimum absolute atomic E-state index is 0.0514. The minimum Gasteiger partial charge on any atom is -0.305 e. The fourth-order valence-corrected chi connectivity index (χ4v) is 1.63. The molecule has 0 fully saturated rings. The van der Waals surface area contributed by atoms with Crippen molar-refractivity contribution in [2.45, 2.75) is 6.92 Å². The Hall–Kier alpha value is -2.14. The van der Waals surface area contributed by atoms with Crippen molar-refractivity contribution >= 4 is 29.1 Å². The SMILES string of the molecule is Cc1cccnc1NC(=O)Nc1ccc(Cl)cc1F. The predicted octanol–water partition coefficient (Wildman–Crippen LogP) is 3.83. The summed E-state index contributed by atoms with van der Waals surface area (Å²) in [5.41, 5.74) is 0.865. The maximum Gasteiger partial charge on any atom is 0.324 e. The summed E-state index contributed by atoms with van der Waals surface area (Å²) in [6, 6.07) is 7.02. The molecule has 0 atom stereocenters. The van der Waals surface area contributed by atoms with Crippen molar-refractivity contribution in [3.63, 3.8) is 0 Å². The zero-order valence-corrected chi connectivity index (χ0v) is 10.8. The van der Waals surface area contributed by atoms with Crippen LogP contribution >= 0.6 is 11.6 Å². The molecular weight excluding hydrogens is 269 g/mol. The lowest BCUT2D eigenvalue weighted by molar-refractivity contribution is 0.262. The van der Waals surface area contributed by atoms with Crippen LogP contribution in [0.2, 0.25) is 5.02 Å². The highest BCUT2D eigenvalue weighted by molar-refractivity contribution is 6.30. The maximum absolute atomic E-state index is 13.5. The van der Waals surface area contributed by atoms with Crippen LogP contribution in [0.15, 0.2) is 36.5 Å². The van der Waals surface area contributed by atoms with Gasteiger partial charge in [0.2, 0.25) is 0 Å².